The molecule has 1 aromatic carbocycles. The normalized spacial score (nSPS) is 20.0. The molecule has 0 radical (unpaired) electrons. The number of hydrogen-bond acceptors (Lipinski definition) is 2. The molecule has 1 heterocycles. The first kappa shape index (κ1) is 17.3. The largest absolute Gasteiger partial charge is 0.416 e. The van der Waals surface area contributed by atoms with Crippen LogP contribution in [0.25, 0.3) is 0 Å². The summed E-state index contributed by atoms with van der Waals surface area (Å²) in [6.45, 7) is 4.63. The predicted octanol–water partition coefficient (Wildman–Crippen LogP) is 3.33. The zero-order chi connectivity index (χ0) is 17.0. The van der Waals surface area contributed by atoms with Gasteiger partial charge in [-0.15, -0.1) is 0 Å². The Labute approximate surface area is 132 Å². The van der Waals surface area contributed by atoms with Crippen LogP contribution in [0.1, 0.15) is 23.7 Å². The third-order valence-electron chi connectivity index (χ3n) is 3.86. The van der Waals surface area contributed by atoms with Crippen molar-refractivity contribution in [3.8, 4) is 0 Å². The van der Waals surface area contributed by atoms with Crippen LogP contribution in [-0.4, -0.2) is 29.0 Å². The van der Waals surface area contributed by atoms with Gasteiger partial charge < -0.3 is 10.0 Å². The first-order valence-corrected chi connectivity index (χ1v) is 7.26. The molecule has 0 spiro atoms. The number of hydrogen-bond donors (Lipinski definition) is 1. The molecular weight excluding hydrogens is 307 g/mol. The van der Waals surface area contributed by atoms with E-state index < -0.39 is 17.8 Å². The number of carbonyl (C=O) groups is 1. The van der Waals surface area contributed by atoms with E-state index in [0.717, 1.165) is 18.6 Å². The Kier molecular flexibility index (Phi) is 5.26. The lowest BCUT2D eigenvalue weighted by Crippen LogP contribution is -2.26. The molecule has 23 heavy (non-hydrogen) atoms. The van der Waals surface area contributed by atoms with Crippen LogP contribution in [0.3, 0.4) is 0 Å². The molecule has 1 aliphatic rings. The second kappa shape index (κ2) is 7.00. The number of benzene rings is 1. The highest BCUT2D eigenvalue weighted by Gasteiger charge is 2.30. The molecule has 0 saturated carbocycles. The van der Waals surface area contributed by atoms with E-state index in [1.807, 2.05) is 0 Å². The van der Waals surface area contributed by atoms with Crippen molar-refractivity contribution in [3.05, 3.63) is 60.2 Å². The molecular formula is C17H18F3NO2. The third-order valence-corrected chi connectivity index (χ3v) is 3.86. The second-order valence-corrected chi connectivity index (χ2v) is 5.49. The zero-order valence-corrected chi connectivity index (χ0v) is 12.5. The summed E-state index contributed by atoms with van der Waals surface area (Å²) in [6, 6.07) is 4.43. The fourth-order valence-electron chi connectivity index (χ4n) is 2.52. The minimum absolute atomic E-state index is 0.121. The molecule has 1 saturated heterocycles. The van der Waals surface area contributed by atoms with Gasteiger partial charge in [0.2, 0.25) is 5.91 Å². The Morgan fingerprint density at radius 1 is 1.35 bits per heavy atom. The van der Waals surface area contributed by atoms with E-state index in [9.17, 15) is 23.1 Å². The lowest BCUT2D eigenvalue weighted by Gasteiger charge is -2.13. The van der Waals surface area contributed by atoms with Crippen molar-refractivity contribution in [3.63, 3.8) is 0 Å². The lowest BCUT2D eigenvalue weighted by molar-refractivity contribution is -0.137. The third kappa shape index (κ3) is 4.45. The van der Waals surface area contributed by atoms with Gasteiger partial charge in [-0.3, -0.25) is 4.79 Å². The molecule has 2 atom stereocenters. The van der Waals surface area contributed by atoms with E-state index in [0.29, 0.717) is 18.7 Å². The topological polar surface area (TPSA) is 40.5 Å². The summed E-state index contributed by atoms with van der Waals surface area (Å²) in [5, 5.41) is 10.0. The number of aliphatic hydroxyl groups excluding tert-OH is 1. The summed E-state index contributed by atoms with van der Waals surface area (Å²) in [6.07, 6.45) is 0.0540. The molecule has 2 rings (SSSR count). The molecule has 0 aromatic heterocycles. The number of aliphatic hydroxyl groups is 1. The number of alkyl halides is 3. The molecule has 1 aromatic rings. The van der Waals surface area contributed by atoms with Crippen LogP contribution in [0.5, 0.6) is 0 Å². The minimum atomic E-state index is -4.38. The Bertz CT molecular complexity index is 593. The van der Waals surface area contributed by atoms with Gasteiger partial charge in [0.15, 0.2) is 0 Å². The van der Waals surface area contributed by atoms with Gasteiger partial charge in [0, 0.05) is 13.1 Å². The molecule has 6 heteroatoms. The summed E-state index contributed by atoms with van der Waals surface area (Å²) in [5.74, 6) is 0.00665. The van der Waals surface area contributed by atoms with E-state index in [2.05, 4.69) is 6.58 Å². The number of halogens is 3. The Morgan fingerprint density at radius 2 is 2.00 bits per heavy atom. The van der Waals surface area contributed by atoms with E-state index in [1.54, 1.807) is 17.1 Å². The summed E-state index contributed by atoms with van der Waals surface area (Å²) < 4.78 is 37.5. The van der Waals surface area contributed by atoms with E-state index in [-0.39, 0.29) is 11.8 Å². The Morgan fingerprint density at radius 3 is 2.57 bits per heavy atom. The minimum Gasteiger partial charge on any atom is -0.384 e. The predicted molar refractivity (Wildman–Crippen MR) is 80.4 cm³/mol. The SMILES string of the molecule is C=CC(=O)N1CCC(/C=C/C(O)c2ccc(C(F)(F)F)cc2)C1. The molecule has 124 valence electrons. The fourth-order valence-corrected chi connectivity index (χ4v) is 2.52. The van der Waals surface area contributed by atoms with E-state index in [1.165, 1.54) is 18.2 Å². The highest BCUT2D eigenvalue weighted by atomic mass is 19.4. The number of carbonyl (C=O) groups excluding carboxylic acids is 1. The zero-order valence-electron chi connectivity index (χ0n) is 12.5. The summed E-state index contributed by atoms with van der Waals surface area (Å²) in [4.78, 5) is 13.1. The van der Waals surface area contributed by atoms with Gasteiger partial charge in [-0.05, 0) is 36.1 Å². The maximum atomic E-state index is 12.5. The standard InChI is InChI=1S/C17H18F3NO2/c1-2-16(23)21-10-9-12(11-21)3-8-15(22)13-4-6-14(7-5-13)17(18,19)20/h2-8,12,15,22H,1,9-11H2/b8-3+. The summed E-state index contributed by atoms with van der Waals surface area (Å²) in [7, 11) is 0. The highest BCUT2D eigenvalue weighted by Crippen LogP contribution is 2.30. The maximum absolute atomic E-state index is 12.5. The number of rotatable bonds is 4. The molecule has 1 N–H and O–H groups in total. The van der Waals surface area contributed by atoms with Crippen molar-refractivity contribution < 1.29 is 23.1 Å². The van der Waals surface area contributed by atoms with Crippen molar-refractivity contribution in [2.75, 3.05) is 13.1 Å². The van der Waals surface area contributed by atoms with Crippen LogP contribution in [0.4, 0.5) is 13.2 Å². The van der Waals surface area contributed by atoms with Crippen LogP contribution in [0.15, 0.2) is 49.1 Å². The number of nitrogens with zero attached hydrogens (tertiary/aromatic N) is 1. The fraction of sp³-hybridized carbons (Fsp3) is 0.353. The summed E-state index contributed by atoms with van der Waals surface area (Å²) in [5.41, 5.74) is -0.349. The van der Waals surface area contributed by atoms with Crippen molar-refractivity contribution in [1.82, 2.24) is 4.90 Å². The van der Waals surface area contributed by atoms with Crippen LogP contribution >= 0.6 is 0 Å². The second-order valence-electron chi connectivity index (χ2n) is 5.49. The molecule has 1 fully saturated rings. The smallest absolute Gasteiger partial charge is 0.384 e. The summed E-state index contributed by atoms with van der Waals surface area (Å²) >= 11 is 0. The van der Waals surface area contributed by atoms with Crippen LogP contribution in [-0.2, 0) is 11.0 Å². The van der Waals surface area contributed by atoms with E-state index in [4.69, 9.17) is 0 Å². The van der Waals surface area contributed by atoms with Gasteiger partial charge in [0.05, 0.1) is 11.7 Å². The van der Waals surface area contributed by atoms with Crippen LogP contribution < -0.4 is 0 Å². The monoisotopic (exact) mass is 325 g/mol. The lowest BCUT2D eigenvalue weighted by atomic mass is 10.0. The molecule has 3 nitrogen and oxygen atoms in total. The Hall–Kier alpha value is -2.08. The quantitative estimate of drug-likeness (QED) is 0.681. The van der Waals surface area contributed by atoms with Gasteiger partial charge in [-0.2, -0.15) is 13.2 Å². The van der Waals surface area contributed by atoms with Crippen molar-refractivity contribution in [2.24, 2.45) is 5.92 Å². The Balaban J connectivity index is 1.95. The average Bonchev–Trinajstić information content (AvgIpc) is 3.00. The molecule has 1 amide bonds. The molecule has 2 unspecified atom stereocenters. The molecule has 0 bridgehead atoms. The number of likely N-dealkylation sites (tertiary alicyclic amines) is 1. The maximum Gasteiger partial charge on any atom is 0.416 e. The van der Waals surface area contributed by atoms with Gasteiger partial charge in [0.1, 0.15) is 0 Å². The highest BCUT2D eigenvalue weighted by molar-refractivity contribution is 5.87. The van der Waals surface area contributed by atoms with Gasteiger partial charge in [-0.25, -0.2) is 0 Å². The van der Waals surface area contributed by atoms with E-state index >= 15 is 0 Å². The molecule has 0 aliphatic carbocycles. The first-order chi connectivity index (χ1) is 10.8. The van der Waals surface area contributed by atoms with Crippen molar-refractivity contribution >= 4 is 5.91 Å². The van der Waals surface area contributed by atoms with Crippen molar-refractivity contribution in [2.45, 2.75) is 18.7 Å². The van der Waals surface area contributed by atoms with Gasteiger partial charge in [-0.1, -0.05) is 30.9 Å². The van der Waals surface area contributed by atoms with Gasteiger partial charge in [0.25, 0.3) is 0 Å². The molecule has 1 aliphatic heterocycles. The number of amides is 1. The van der Waals surface area contributed by atoms with Crippen LogP contribution in [0, 0.1) is 5.92 Å². The first-order valence-electron chi connectivity index (χ1n) is 7.26. The van der Waals surface area contributed by atoms with Crippen molar-refractivity contribution in [1.29, 1.82) is 0 Å². The van der Waals surface area contributed by atoms with Gasteiger partial charge >= 0.3 is 6.18 Å². The average molecular weight is 325 g/mol. The van der Waals surface area contributed by atoms with Crippen LogP contribution in [0.2, 0.25) is 0 Å².